The molecule has 8 heteroatoms. The van der Waals surface area contributed by atoms with E-state index in [4.69, 9.17) is 18.4 Å². The van der Waals surface area contributed by atoms with Crippen LogP contribution in [0.4, 0.5) is 0 Å². The van der Waals surface area contributed by atoms with Crippen LogP contribution >= 0.6 is 0 Å². The van der Waals surface area contributed by atoms with Crippen molar-refractivity contribution in [2.45, 2.75) is 52.5 Å². The van der Waals surface area contributed by atoms with Crippen molar-refractivity contribution in [1.82, 2.24) is 15.5 Å². The summed E-state index contributed by atoms with van der Waals surface area (Å²) in [6.07, 6.45) is 3.95. The zero-order chi connectivity index (χ0) is 22.1. The maximum Gasteiger partial charge on any atom is 0.238 e. The van der Waals surface area contributed by atoms with E-state index >= 15 is 0 Å². The molecule has 1 atom stereocenters. The van der Waals surface area contributed by atoms with E-state index in [2.05, 4.69) is 29.3 Å². The predicted octanol–water partition coefficient (Wildman–Crippen LogP) is 4.72. The summed E-state index contributed by atoms with van der Waals surface area (Å²) in [5.41, 5.74) is 0.946. The first-order chi connectivity index (χ1) is 15.1. The molecule has 0 aliphatic heterocycles. The quantitative estimate of drug-likeness (QED) is 0.446. The van der Waals surface area contributed by atoms with Crippen LogP contribution < -0.4 is 14.8 Å². The van der Waals surface area contributed by atoms with Crippen LogP contribution in [0.5, 0.6) is 11.5 Å². The van der Waals surface area contributed by atoms with E-state index in [0.717, 1.165) is 24.2 Å². The van der Waals surface area contributed by atoms with Gasteiger partial charge in [-0.15, -0.1) is 0 Å². The van der Waals surface area contributed by atoms with Crippen LogP contribution in [0.25, 0.3) is 11.6 Å². The Morgan fingerprint density at radius 3 is 2.61 bits per heavy atom. The Bertz CT molecular complexity index is 952. The molecule has 3 rings (SSSR count). The second-order valence-electron chi connectivity index (χ2n) is 7.18. The van der Waals surface area contributed by atoms with E-state index in [9.17, 15) is 4.79 Å². The van der Waals surface area contributed by atoms with Crippen molar-refractivity contribution in [1.29, 1.82) is 0 Å². The van der Waals surface area contributed by atoms with Crippen LogP contribution in [0.1, 0.15) is 57.5 Å². The molecule has 1 aromatic carbocycles. The van der Waals surface area contributed by atoms with Crippen molar-refractivity contribution in [2.24, 2.45) is 0 Å². The normalized spacial score (nSPS) is 11.8. The van der Waals surface area contributed by atoms with Gasteiger partial charge in [0.05, 0.1) is 25.5 Å². The molecule has 31 heavy (non-hydrogen) atoms. The van der Waals surface area contributed by atoms with Crippen LogP contribution in [-0.4, -0.2) is 29.3 Å². The minimum atomic E-state index is -0.182. The highest BCUT2D eigenvalue weighted by molar-refractivity contribution is 5.76. The first-order valence-electron chi connectivity index (χ1n) is 10.7. The molecule has 0 aliphatic carbocycles. The van der Waals surface area contributed by atoms with Crippen LogP contribution in [0, 0.1) is 0 Å². The van der Waals surface area contributed by atoms with Gasteiger partial charge in [0, 0.05) is 12.8 Å². The molecule has 0 bridgehead atoms. The molecule has 8 nitrogen and oxygen atoms in total. The first-order valence-corrected chi connectivity index (χ1v) is 10.7. The summed E-state index contributed by atoms with van der Waals surface area (Å²) in [4.78, 5) is 16.7. The summed E-state index contributed by atoms with van der Waals surface area (Å²) in [5.74, 6) is 2.61. The number of nitrogens with one attached hydrogen (secondary N) is 1. The Kier molecular flexibility index (Phi) is 8.09. The zero-order valence-corrected chi connectivity index (χ0v) is 18.2. The van der Waals surface area contributed by atoms with Gasteiger partial charge < -0.3 is 23.7 Å². The monoisotopic (exact) mass is 427 g/mol. The second kappa shape index (κ2) is 11.2. The van der Waals surface area contributed by atoms with Gasteiger partial charge in [-0.3, -0.25) is 4.79 Å². The van der Waals surface area contributed by atoms with Gasteiger partial charge in [-0.25, -0.2) is 0 Å². The van der Waals surface area contributed by atoms with E-state index in [1.54, 1.807) is 18.4 Å². The molecule has 0 saturated heterocycles. The van der Waals surface area contributed by atoms with Gasteiger partial charge in [-0.2, -0.15) is 4.98 Å². The number of ether oxygens (including phenoxy) is 2. The Morgan fingerprint density at radius 2 is 1.90 bits per heavy atom. The van der Waals surface area contributed by atoms with Crippen molar-refractivity contribution in [3.8, 4) is 23.1 Å². The van der Waals surface area contributed by atoms with Crippen LogP contribution in [0.2, 0.25) is 0 Å². The van der Waals surface area contributed by atoms with E-state index < -0.39 is 0 Å². The Labute approximate surface area is 181 Å². The van der Waals surface area contributed by atoms with Crippen molar-refractivity contribution in [3.05, 3.63) is 48.0 Å². The minimum Gasteiger partial charge on any atom is -0.490 e. The van der Waals surface area contributed by atoms with Crippen LogP contribution in [-0.2, 0) is 11.2 Å². The van der Waals surface area contributed by atoms with E-state index in [1.165, 1.54) is 0 Å². The Hall–Kier alpha value is -3.29. The molecule has 0 aliphatic rings. The van der Waals surface area contributed by atoms with Crippen molar-refractivity contribution < 1.29 is 23.2 Å². The summed E-state index contributed by atoms with van der Waals surface area (Å²) in [5, 5.41) is 6.87. The van der Waals surface area contributed by atoms with Gasteiger partial charge in [0.1, 0.15) is 0 Å². The number of amides is 1. The second-order valence-corrected chi connectivity index (χ2v) is 7.18. The summed E-state index contributed by atoms with van der Waals surface area (Å²) in [7, 11) is 0. The lowest BCUT2D eigenvalue weighted by molar-refractivity contribution is -0.121. The fraction of sp³-hybridized carbons (Fsp3) is 0.435. The highest BCUT2D eigenvalue weighted by atomic mass is 16.5. The number of carbonyl (C=O) groups is 1. The highest BCUT2D eigenvalue weighted by Gasteiger charge is 2.16. The van der Waals surface area contributed by atoms with Crippen LogP contribution in [0.15, 0.2) is 45.5 Å². The first kappa shape index (κ1) is 22.4. The third-order valence-corrected chi connectivity index (χ3v) is 4.54. The van der Waals surface area contributed by atoms with Gasteiger partial charge in [0.2, 0.25) is 17.6 Å². The van der Waals surface area contributed by atoms with Crippen molar-refractivity contribution in [3.63, 3.8) is 0 Å². The molecule has 0 spiro atoms. The predicted molar refractivity (Wildman–Crippen MR) is 115 cm³/mol. The maximum atomic E-state index is 12.4. The SMILES string of the molecule is CCCOc1ccc(C(C)NC(=O)CCc2nc(-c3ccco3)no2)cc1OCCC. The van der Waals surface area contributed by atoms with Crippen molar-refractivity contribution in [2.75, 3.05) is 13.2 Å². The third-order valence-electron chi connectivity index (χ3n) is 4.54. The summed E-state index contributed by atoms with van der Waals surface area (Å²) in [6, 6.07) is 9.09. The summed E-state index contributed by atoms with van der Waals surface area (Å²) >= 11 is 0. The third kappa shape index (κ3) is 6.34. The van der Waals surface area contributed by atoms with Gasteiger partial charge in [0.25, 0.3) is 0 Å². The number of aryl methyl sites for hydroxylation is 1. The number of hydrogen-bond donors (Lipinski definition) is 1. The molecule has 166 valence electrons. The maximum absolute atomic E-state index is 12.4. The lowest BCUT2D eigenvalue weighted by Crippen LogP contribution is -2.26. The molecular weight excluding hydrogens is 398 g/mol. The molecule has 2 aromatic heterocycles. The molecule has 0 fully saturated rings. The molecule has 3 aromatic rings. The Morgan fingerprint density at radius 1 is 1.13 bits per heavy atom. The largest absolute Gasteiger partial charge is 0.490 e. The van der Waals surface area contributed by atoms with E-state index in [1.807, 2.05) is 25.1 Å². The smallest absolute Gasteiger partial charge is 0.238 e. The van der Waals surface area contributed by atoms with E-state index in [0.29, 0.717) is 42.9 Å². The van der Waals surface area contributed by atoms with Crippen LogP contribution in [0.3, 0.4) is 0 Å². The average molecular weight is 428 g/mol. The highest BCUT2D eigenvalue weighted by Crippen LogP contribution is 2.31. The van der Waals surface area contributed by atoms with Crippen molar-refractivity contribution >= 4 is 5.91 Å². The summed E-state index contributed by atoms with van der Waals surface area (Å²) < 4.78 is 22.1. The molecule has 1 N–H and O–H groups in total. The number of aromatic nitrogens is 2. The number of benzene rings is 1. The standard InChI is InChI=1S/C23H29N3O5/c1-4-12-28-18-9-8-17(15-20(18)29-13-5-2)16(3)24-21(27)10-11-22-25-23(26-31-22)19-7-6-14-30-19/h6-9,14-16H,4-5,10-13H2,1-3H3,(H,24,27). The molecule has 1 amide bonds. The number of rotatable bonds is 12. The number of furan rings is 1. The Balaban J connectivity index is 1.56. The fourth-order valence-corrected chi connectivity index (χ4v) is 2.93. The van der Waals surface area contributed by atoms with E-state index in [-0.39, 0.29) is 18.4 Å². The van der Waals surface area contributed by atoms with Gasteiger partial charge >= 0.3 is 0 Å². The molecular formula is C23H29N3O5. The lowest BCUT2D eigenvalue weighted by Gasteiger charge is -2.18. The minimum absolute atomic E-state index is 0.104. The number of carbonyl (C=O) groups excluding carboxylic acids is 1. The van der Waals surface area contributed by atoms with Gasteiger partial charge in [-0.1, -0.05) is 25.1 Å². The molecule has 0 radical (unpaired) electrons. The summed E-state index contributed by atoms with van der Waals surface area (Å²) in [6.45, 7) is 7.29. The number of nitrogens with zero attached hydrogens (tertiary/aromatic N) is 2. The average Bonchev–Trinajstić information content (AvgIpc) is 3.47. The van der Waals surface area contributed by atoms with Gasteiger partial charge in [-0.05, 0) is 49.6 Å². The molecule has 1 unspecified atom stereocenters. The zero-order valence-electron chi connectivity index (χ0n) is 18.2. The van der Waals surface area contributed by atoms with Gasteiger partial charge in [0.15, 0.2) is 17.3 Å². The lowest BCUT2D eigenvalue weighted by atomic mass is 10.1. The number of hydrogen-bond acceptors (Lipinski definition) is 7. The topological polar surface area (TPSA) is 99.6 Å². The molecule has 2 heterocycles. The molecule has 0 saturated carbocycles. The fourth-order valence-electron chi connectivity index (χ4n) is 2.93.